The summed E-state index contributed by atoms with van der Waals surface area (Å²) in [5, 5.41) is 10.7. The number of carbonyl (C=O) groups excluding carboxylic acids is 1. The van der Waals surface area contributed by atoms with Gasteiger partial charge in [-0.15, -0.1) is 0 Å². The number of ether oxygens (including phenoxy) is 2. The Morgan fingerprint density at radius 2 is 1.88 bits per heavy atom. The van der Waals surface area contributed by atoms with Gasteiger partial charge in [0.05, 0.1) is 24.2 Å². The van der Waals surface area contributed by atoms with Gasteiger partial charge in [0, 0.05) is 19.7 Å². The normalized spacial score (nSPS) is 18.8. The fourth-order valence-electron chi connectivity index (χ4n) is 3.93. The molecular formula is C23H31N3O6S. The highest BCUT2D eigenvalue weighted by atomic mass is 32.2. The van der Waals surface area contributed by atoms with Crippen molar-refractivity contribution in [1.29, 1.82) is 0 Å². The summed E-state index contributed by atoms with van der Waals surface area (Å²) in [4.78, 5) is 16.4. The second-order valence-corrected chi connectivity index (χ2v) is 9.98. The molecule has 1 aliphatic carbocycles. The van der Waals surface area contributed by atoms with Crippen LogP contribution in [-0.2, 0) is 25.9 Å². The largest absolute Gasteiger partial charge is 0.494 e. The van der Waals surface area contributed by atoms with Gasteiger partial charge in [0.2, 0.25) is 15.7 Å². The number of aromatic nitrogens is 1. The molecule has 10 heteroatoms. The van der Waals surface area contributed by atoms with E-state index in [0.717, 1.165) is 25.7 Å². The molecule has 1 saturated carbocycles. The SMILES string of the molecule is CCOc1ccc(S(=O)(=O)c2cc(CN(O)NC(=O)CC3CCC(OC)CC3)ccn2)cc1. The number of amides is 1. The van der Waals surface area contributed by atoms with E-state index in [9.17, 15) is 18.4 Å². The van der Waals surface area contributed by atoms with E-state index in [0.29, 0.717) is 29.5 Å². The second-order valence-electron chi connectivity index (χ2n) is 8.09. The van der Waals surface area contributed by atoms with Crippen molar-refractivity contribution >= 4 is 15.7 Å². The third-order valence-corrected chi connectivity index (χ3v) is 7.37. The lowest BCUT2D eigenvalue weighted by atomic mass is 9.85. The maximum absolute atomic E-state index is 12.9. The van der Waals surface area contributed by atoms with Crippen LogP contribution in [0.1, 0.15) is 44.6 Å². The molecule has 180 valence electrons. The summed E-state index contributed by atoms with van der Waals surface area (Å²) in [7, 11) is -2.14. The predicted molar refractivity (Wildman–Crippen MR) is 120 cm³/mol. The van der Waals surface area contributed by atoms with Crippen molar-refractivity contribution < 1.29 is 27.9 Å². The Morgan fingerprint density at radius 1 is 1.18 bits per heavy atom. The molecule has 1 aromatic carbocycles. The van der Waals surface area contributed by atoms with Crippen LogP contribution < -0.4 is 10.2 Å². The molecule has 9 nitrogen and oxygen atoms in total. The summed E-state index contributed by atoms with van der Waals surface area (Å²) in [6.07, 6.45) is 5.63. The molecule has 0 bridgehead atoms. The lowest BCUT2D eigenvalue weighted by Crippen LogP contribution is -2.40. The highest BCUT2D eigenvalue weighted by Crippen LogP contribution is 2.28. The van der Waals surface area contributed by atoms with E-state index < -0.39 is 9.84 Å². The van der Waals surface area contributed by atoms with Crippen LogP contribution in [0.15, 0.2) is 52.5 Å². The standard InChI is InChI=1S/C23H31N3O6S/c1-3-32-20-8-10-21(11-9-20)33(29,30)23-15-18(12-13-24-23)16-26(28)25-22(27)14-17-4-6-19(31-2)7-5-17/h8-13,15,17,19,28H,3-7,14,16H2,1-2H3,(H,25,27). The van der Waals surface area contributed by atoms with Crippen molar-refractivity contribution in [1.82, 2.24) is 15.6 Å². The second kappa shape index (κ2) is 11.6. The monoisotopic (exact) mass is 477 g/mol. The summed E-state index contributed by atoms with van der Waals surface area (Å²) < 4.78 is 36.6. The van der Waals surface area contributed by atoms with Crippen LogP contribution in [0, 0.1) is 5.92 Å². The van der Waals surface area contributed by atoms with Gasteiger partial charge in [-0.25, -0.2) is 13.4 Å². The number of hydrazine groups is 1. The topological polar surface area (TPSA) is 118 Å². The summed E-state index contributed by atoms with van der Waals surface area (Å²) in [5.41, 5.74) is 2.93. The van der Waals surface area contributed by atoms with Crippen LogP contribution in [0.4, 0.5) is 0 Å². The number of sulfone groups is 1. The van der Waals surface area contributed by atoms with Gasteiger partial charge in [0.1, 0.15) is 5.75 Å². The molecule has 1 aliphatic rings. The van der Waals surface area contributed by atoms with Gasteiger partial charge in [0.15, 0.2) is 5.03 Å². The van der Waals surface area contributed by atoms with E-state index in [4.69, 9.17) is 9.47 Å². The Morgan fingerprint density at radius 3 is 2.52 bits per heavy atom. The van der Waals surface area contributed by atoms with Crippen molar-refractivity contribution in [3.05, 3.63) is 48.2 Å². The number of hydroxylamine groups is 1. The molecule has 1 aromatic heterocycles. The minimum Gasteiger partial charge on any atom is -0.494 e. The lowest BCUT2D eigenvalue weighted by Gasteiger charge is -2.27. The maximum atomic E-state index is 12.9. The number of rotatable bonds is 10. The Bertz CT molecular complexity index is 1020. The van der Waals surface area contributed by atoms with E-state index in [1.54, 1.807) is 25.3 Å². The molecule has 3 rings (SSSR count). The molecule has 2 aromatic rings. The first-order valence-electron chi connectivity index (χ1n) is 11.0. The third-order valence-electron chi connectivity index (χ3n) is 5.71. The van der Waals surface area contributed by atoms with Crippen LogP contribution >= 0.6 is 0 Å². The molecule has 0 radical (unpaired) electrons. The number of pyridine rings is 1. The van der Waals surface area contributed by atoms with Gasteiger partial charge in [-0.3, -0.25) is 15.4 Å². The van der Waals surface area contributed by atoms with E-state index >= 15 is 0 Å². The molecule has 0 atom stereocenters. The van der Waals surface area contributed by atoms with Gasteiger partial charge < -0.3 is 9.47 Å². The molecular weight excluding hydrogens is 446 g/mol. The zero-order chi connectivity index (χ0) is 23.8. The molecule has 0 spiro atoms. The zero-order valence-electron chi connectivity index (χ0n) is 18.9. The molecule has 1 fully saturated rings. The number of carbonyl (C=O) groups is 1. The Hall–Kier alpha value is -2.53. The van der Waals surface area contributed by atoms with Crippen LogP contribution in [0.25, 0.3) is 0 Å². The fourth-order valence-corrected chi connectivity index (χ4v) is 5.18. The van der Waals surface area contributed by atoms with E-state index in [1.807, 2.05) is 6.92 Å². The first-order valence-corrected chi connectivity index (χ1v) is 12.5. The summed E-state index contributed by atoms with van der Waals surface area (Å²) in [6.45, 7) is 2.25. The Balaban J connectivity index is 1.58. The number of methoxy groups -OCH3 is 1. The number of benzene rings is 1. The summed E-state index contributed by atoms with van der Waals surface area (Å²) in [6, 6.07) is 9.08. The summed E-state index contributed by atoms with van der Waals surface area (Å²) >= 11 is 0. The quantitative estimate of drug-likeness (QED) is 0.501. The van der Waals surface area contributed by atoms with Gasteiger partial charge in [-0.2, -0.15) is 0 Å². The number of nitrogens with zero attached hydrogens (tertiary/aromatic N) is 2. The Labute approximate surface area is 194 Å². The van der Waals surface area contributed by atoms with Crippen molar-refractivity contribution in [2.75, 3.05) is 13.7 Å². The van der Waals surface area contributed by atoms with Gasteiger partial charge in [0.25, 0.3) is 0 Å². The van der Waals surface area contributed by atoms with Gasteiger partial charge in [-0.05, 0) is 80.5 Å². The van der Waals surface area contributed by atoms with E-state index in [-0.39, 0.29) is 34.4 Å². The lowest BCUT2D eigenvalue weighted by molar-refractivity contribution is -0.166. The molecule has 0 aliphatic heterocycles. The number of hydrogen-bond acceptors (Lipinski definition) is 8. The maximum Gasteiger partial charge on any atom is 0.236 e. The highest BCUT2D eigenvalue weighted by molar-refractivity contribution is 7.91. The van der Waals surface area contributed by atoms with Crippen molar-refractivity contribution in [2.24, 2.45) is 5.92 Å². The smallest absolute Gasteiger partial charge is 0.236 e. The Kier molecular flexibility index (Phi) is 8.79. The van der Waals surface area contributed by atoms with Crippen LogP contribution in [0.5, 0.6) is 5.75 Å². The number of hydrogen-bond donors (Lipinski definition) is 2. The van der Waals surface area contributed by atoms with Crippen molar-refractivity contribution in [3.8, 4) is 5.75 Å². The van der Waals surface area contributed by atoms with Crippen LogP contribution in [-0.4, -0.2) is 49.5 Å². The molecule has 1 amide bonds. The minimum absolute atomic E-state index is 0.0868. The molecule has 0 saturated heterocycles. The number of nitrogens with one attached hydrogen (secondary N) is 1. The average molecular weight is 478 g/mol. The summed E-state index contributed by atoms with van der Waals surface area (Å²) in [5.74, 6) is 0.558. The first-order chi connectivity index (χ1) is 15.8. The molecule has 0 unspecified atom stereocenters. The first kappa shape index (κ1) is 25.1. The molecule has 1 heterocycles. The average Bonchev–Trinajstić information content (AvgIpc) is 2.80. The zero-order valence-corrected chi connectivity index (χ0v) is 19.8. The minimum atomic E-state index is -3.84. The molecule has 2 N–H and O–H groups in total. The fraction of sp³-hybridized carbons (Fsp3) is 0.478. The van der Waals surface area contributed by atoms with E-state index in [1.165, 1.54) is 24.4 Å². The third kappa shape index (κ3) is 6.97. The van der Waals surface area contributed by atoms with Crippen molar-refractivity contribution in [3.63, 3.8) is 0 Å². The van der Waals surface area contributed by atoms with Crippen LogP contribution in [0.2, 0.25) is 0 Å². The van der Waals surface area contributed by atoms with Gasteiger partial charge >= 0.3 is 0 Å². The van der Waals surface area contributed by atoms with Crippen LogP contribution in [0.3, 0.4) is 0 Å². The van der Waals surface area contributed by atoms with Gasteiger partial charge in [-0.1, -0.05) is 5.17 Å². The highest BCUT2D eigenvalue weighted by Gasteiger charge is 2.24. The predicted octanol–water partition coefficient (Wildman–Crippen LogP) is 3.13. The molecule has 33 heavy (non-hydrogen) atoms. The van der Waals surface area contributed by atoms with Crippen molar-refractivity contribution in [2.45, 2.75) is 61.6 Å². The van der Waals surface area contributed by atoms with E-state index in [2.05, 4.69) is 10.4 Å².